The van der Waals surface area contributed by atoms with Gasteiger partial charge in [-0.2, -0.15) is 5.10 Å². The monoisotopic (exact) mass is 337 g/mol. The summed E-state index contributed by atoms with van der Waals surface area (Å²) in [6, 6.07) is -0.0895. The number of ether oxygens (including phenoxy) is 2. The Bertz CT molecular complexity index is 631. The zero-order chi connectivity index (χ0) is 17.3. The number of aryl methyl sites for hydroxylation is 1. The molecule has 3 rings (SSSR count). The maximum absolute atomic E-state index is 12.3. The van der Waals surface area contributed by atoms with Crippen LogP contribution in [0.1, 0.15) is 0 Å². The number of nitrogens with zero attached hydrogens (tertiary/aromatic N) is 5. The first-order valence-electron chi connectivity index (χ1n) is 7.87. The highest BCUT2D eigenvalue weighted by Crippen LogP contribution is 2.27. The van der Waals surface area contributed by atoms with E-state index in [1.807, 2.05) is 0 Å². The van der Waals surface area contributed by atoms with Gasteiger partial charge in [0.05, 0.1) is 38.2 Å². The van der Waals surface area contributed by atoms with Gasteiger partial charge in [0.2, 0.25) is 0 Å². The molecule has 1 aromatic rings. The third-order valence-corrected chi connectivity index (χ3v) is 4.25. The topological polar surface area (TPSA) is 80.1 Å². The van der Waals surface area contributed by atoms with E-state index in [2.05, 4.69) is 5.10 Å². The Kier molecular flexibility index (Phi) is 4.46. The first kappa shape index (κ1) is 16.7. The van der Waals surface area contributed by atoms with Gasteiger partial charge in [0.15, 0.2) is 0 Å². The molecule has 0 bridgehead atoms. The highest BCUT2D eigenvalue weighted by molar-refractivity contribution is 5.95. The standard InChI is InChI=1S/C15H23N5O4/c1-17(2)14(22)19-4-5-23-11-15(9-19)10-20(13(21)8-24-15)12-6-16-18(3)7-12/h6-7H,4-5,8-11H2,1-3H3/t15-/m0/s1. The van der Waals surface area contributed by atoms with Crippen molar-refractivity contribution in [2.75, 3.05) is 58.5 Å². The molecule has 0 radical (unpaired) electrons. The molecule has 0 unspecified atom stereocenters. The van der Waals surface area contributed by atoms with Gasteiger partial charge in [-0.3, -0.25) is 9.48 Å². The molecule has 1 atom stereocenters. The minimum absolute atomic E-state index is 0.0394. The van der Waals surface area contributed by atoms with E-state index in [1.54, 1.807) is 48.0 Å². The molecule has 2 fully saturated rings. The number of amides is 3. The minimum Gasteiger partial charge on any atom is -0.376 e. The quantitative estimate of drug-likeness (QED) is 0.692. The van der Waals surface area contributed by atoms with Crippen molar-refractivity contribution < 1.29 is 19.1 Å². The number of carbonyl (C=O) groups excluding carboxylic acids is 2. The van der Waals surface area contributed by atoms with Crippen molar-refractivity contribution in [3.8, 4) is 0 Å². The summed E-state index contributed by atoms with van der Waals surface area (Å²) in [6.45, 7) is 1.97. The van der Waals surface area contributed by atoms with Gasteiger partial charge >= 0.3 is 6.03 Å². The van der Waals surface area contributed by atoms with E-state index in [1.165, 1.54) is 4.90 Å². The van der Waals surface area contributed by atoms with Crippen molar-refractivity contribution in [1.29, 1.82) is 0 Å². The second-order valence-electron chi connectivity index (χ2n) is 6.47. The van der Waals surface area contributed by atoms with Crippen molar-refractivity contribution >= 4 is 17.6 Å². The minimum atomic E-state index is -0.730. The Morgan fingerprint density at radius 1 is 1.38 bits per heavy atom. The summed E-state index contributed by atoms with van der Waals surface area (Å²) >= 11 is 0. The zero-order valence-corrected chi connectivity index (χ0v) is 14.3. The van der Waals surface area contributed by atoms with Crippen LogP contribution in [0.5, 0.6) is 0 Å². The lowest BCUT2D eigenvalue weighted by Crippen LogP contribution is -2.61. The molecular weight excluding hydrogens is 314 g/mol. The lowest BCUT2D eigenvalue weighted by molar-refractivity contribution is -0.145. The fourth-order valence-electron chi connectivity index (χ4n) is 3.03. The molecular formula is C15H23N5O4. The normalized spacial score (nSPS) is 25.0. The number of hydrogen-bond donors (Lipinski definition) is 0. The van der Waals surface area contributed by atoms with E-state index < -0.39 is 5.60 Å². The van der Waals surface area contributed by atoms with Gasteiger partial charge in [-0.1, -0.05) is 0 Å². The summed E-state index contributed by atoms with van der Waals surface area (Å²) in [4.78, 5) is 29.5. The predicted octanol–water partition coefficient (Wildman–Crippen LogP) is -0.464. The van der Waals surface area contributed by atoms with Crippen LogP contribution in [0.3, 0.4) is 0 Å². The number of urea groups is 1. The van der Waals surface area contributed by atoms with Gasteiger partial charge in [0.25, 0.3) is 5.91 Å². The molecule has 0 aliphatic carbocycles. The van der Waals surface area contributed by atoms with Gasteiger partial charge in [0, 0.05) is 33.9 Å². The van der Waals surface area contributed by atoms with Gasteiger partial charge in [-0.05, 0) is 0 Å². The summed E-state index contributed by atoms with van der Waals surface area (Å²) in [5, 5.41) is 4.12. The van der Waals surface area contributed by atoms with Gasteiger partial charge in [-0.15, -0.1) is 0 Å². The summed E-state index contributed by atoms with van der Waals surface area (Å²) in [5.41, 5.74) is -0.00810. The number of hydrogen-bond acceptors (Lipinski definition) is 5. The number of morpholine rings is 1. The molecule has 9 heteroatoms. The van der Waals surface area contributed by atoms with Crippen LogP contribution < -0.4 is 4.90 Å². The molecule has 3 amide bonds. The maximum Gasteiger partial charge on any atom is 0.319 e. The number of carbonyl (C=O) groups is 2. The van der Waals surface area contributed by atoms with E-state index in [-0.39, 0.29) is 18.5 Å². The van der Waals surface area contributed by atoms with Crippen LogP contribution in [-0.4, -0.2) is 90.7 Å². The maximum atomic E-state index is 12.3. The van der Waals surface area contributed by atoms with Crippen LogP contribution in [0.25, 0.3) is 0 Å². The van der Waals surface area contributed by atoms with Gasteiger partial charge in [0.1, 0.15) is 12.2 Å². The summed E-state index contributed by atoms with van der Waals surface area (Å²) in [6.07, 6.45) is 3.44. The number of anilines is 1. The van der Waals surface area contributed by atoms with Crippen molar-refractivity contribution in [2.45, 2.75) is 5.60 Å². The van der Waals surface area contributed by atoms with Crippen molar-refractivity contribution in [3.63, 3.8) is 0 Å². The summed E-state index contributed by atoms with van der Waals surface area (Å²) in [5.74, 6) is -0.122. The SMILES string of the molecule is CN(C)C(=O)N1CCOC[C@]2(C1)CN(c1cnn(C)c1)C(=O)CO2. The average Bonchev–Trinajstić information content (AvgIpc) is 2.87. The Labute approximate surface area is 140 Å². The van der Waals surface area contributed by atoms with Crippen LogP contribution in [-0.2, 0) is 21.3 Å². The van der Waals surface area contributed by atoms with Gasteiger partial charge in [-0.25, -0.2) is 4.79 Å². The number of rotatable bonds is 1. The molecule has 0 saturated carbocycles. The largest absolute Gasteiger partial charge is 0.376 e. The molecule has 2 aliphatic rings. The Hall–Kier alpha value is -2.13. The lowest BCUT2D eigenvalue weighted by atomic mass is 10.0. The van der Waals surface area contributed by atoms with Crippen LogP contribution in [0, 0.1) is 0 Å². The highest BCUT2D eigenvalue weighted by atomic mass is 16.6. The summed E-state index contributed by atoms with van der Waals surface area (Å²) in [7, 11) is 5.23. The molecule has 0 aromatic carbocycles. The van der Waals surface area contributed by atoms with Crippen LogP contribution in [0.2, 0.25) is 0 Å². The molecule has 3 heterocycles. The van der Waals surface area contributed by atoms with Crippen molar-refractivity contribution in [2.24, 2.45) is 7.05 Å². The molecule has 132 valence electrons. The molecule has 1 spiro atoms. The van der Waals surface area contributed by atoms with Crippen molar-refractivity contribution in [1.82, 2.24) is 19.6 Å². The summed E-state index contributed by atoms with van der Waals surface area (Å²) < 4.78 is 13.2. The van der Waals surface area contributed by atoms with Crippen molar-refractivity contribution in [3.05, 3.63) is 12.4 Å². The van der Waals surface area contributed by atoms with E-state index >= 15 is 0 Å². The fraction of sp³-hybridized carbons (Fsp3) is 0.667. The molecule has 2 aliphatic heterocycles. The van der Waals surface area contributed by atoms with E-state index in [9.17, 15) is 9.59 Å². The van der Waals surface area contributed by atoms with Gasteiger partial charge < -0.3 is 24.2 Å². The Morgan fingerprint density at radius 3 is 2.83 bits per heavy atom. The number of aromatic nitrogens is 2. The first-order valence-corrected chi connectivity index (χ1v) is 7.87. The van der Waals surface area contributed by atoms with Crippen LogP contribution in [0.15, 0.2) is 12.4 Å². The molecule has 24 heavy (non-hydrogen) atoms. The van der Waals surface area contributed by atoms with E-state index in [4.69, 9.17) is 9.47 Å². The average molecular weight is 337 g/mol. The molecule has 0 N–H and O–H groups in total. The molecule has 2 saturated heterocycles. The molecule has 1 aromatic heterocycles. The van der Waals surface area contributed by atoms with Crippen LogP contribution in [0.4, 0.5) is 10.5 Å². The third-order valence-electron chi connectivity index (χ3n) is 4.25. The van der Waals surface area contributed by atoms with Crippen LogP contribution >= 0.6 is 0 Å². The van der Waals surface area contributed by atoms with E-state index in [0.29, 0.717) is 32.8 Å². The fourth-order valence-corrected chi connectivity index (χ4v) is 3.03. The second kappa shape index (κ2) is 6.40. The third kappa shape index (κ3) is 3.22. The predicted molar refractivity (Wildman–Crippen MR) is 85.7 cm³/mol. The molecule has 9 nitrogen and oxygen atoms in total. The zero-order valence-electron chi connectivity index (χ0n) is 14.3. The smallest absolute Gasteiger partial charge is 0.319 e. The van der Waals surface area contributed by atoms with E-state index in [0.717, 1.165) is 5.69 Å². The second-order valence-corrected chi connectivity index (χ2v) is 6.47. The Morgan fingerprint density at radius 2 is 2.17 bits per heavy atom. The first-order chi connectivity index (χ1) is 11.4. The lowest BCUT2D eigenvalue weighted by Gasteiger charge is -2.42. The highest BCUT2D eigenvalue weighted by Gasteiger charge is 2.44. The Balaban J connectivity index is 1.82.